The number of carbonyl (C=O) groups is 1. The van der Waals surface area contributed by atoms with Crippen molar-refractivity contribution in [2.24, 2.45) is 0 Å². The lowest BCUT2D eigenvalue weighted by atomic mass is 9.87. The molecule has 25 heavy (non-hydrogen) atoms. The predicted octanol–water partition coefficient (Wildman–Crippen LogP) is 4.28. The zero-order chi connectivity index (χ0) is 19.0. The number of nitrogens with one attached hydrogen (secondary N) is 1. The Kier molecular flexibility index (Phi) is 5.11. The van der Waals surface area contributed by atoms with Crippen LogP contribution in [0.25, 0.3) is 0 Å². The minimum Gasteiger partial charge on any atom is -0.478 e. The van der Waals surface area contributed by atoms with Crippen LogP contribution < -0.4 is 4.72 Å². The molecule has 2 aromatic carbocycles. The maximum absolute atomic E-state index is 13.6. The van der Waals surface area contributed by atoms with E-state index in [4.69, 9.17) is 16.7 Å². The van der Waals surface area contributed by atoms with Crippen LogP contribution in [0.1, 0.15) is 36.7 Å². The Morgan fingerprint density at radius 2 is 1.72 bits per heavy atom. The van der Waals surface area contributed by atoms with Gasteiger partial charge in [0, 0.05) is 6.07 Å². The van der Waals surface area contributed by atoms with Crippen molar-refractivity contribution < 1.29 is 22.7 Å². The second kappa shape index (κ2) is 6.65. The van der Waals surface area contributed by atoms with E-state index in [2.05, 4.69) is 4.72 Å². The lowest BCUT2D eigenvalue weighted by Gasteiger charge is -2.19. The van der Waals surface area contributed by atoms with Crippen LogP contribution in [-0.2, 0) is 15.4 Å². The molecule has 8 heteroatoms. The van der Waals surface area contributed by atoms with Crippen LogP contribution in [0.15, 0.2) is 41.3 Å². The number of carboxylic acid groups (broad SMARTS) is 1. The zero-order valence-corrected chi connectivity index (χ0v) is 15.4. The average molecular weight is 386 g/mol. The van der Waals surface area contributed by atoms with Crippen LogP contribution in [-0.4, -0.2) is 19.5 Å². The molecule has 0 fully saturated rings. The van der Waals surface area contributed by atoms with Gasteiger partial charge in [0.15, 0.2) is 0 Å². The summed E-state index contributed by atoms with van der Waals surface area (Å²) in [5, 5.41) is 8.75. The van der Waals surface area contributed by atoms with E-state index in [9.17, 15) is 17.6 Å². The van der Waals surface area contributed by atoms with Gasteiger partial charge in [-0.3, -0.25) is 4.72 Å². The zero-order valence-electron chi connectivity index (χ0n) is 13.8. The molecule has 0 saturated carbocycles. The van der Waals surface area contributed by atoms with Crippen molar-refractivity contribution in [2.45, 2.75) is 31.1 Å². The van der Waals surface area contributed by atoms with Gasteiger partial charge in [0.05, 0.1) is 21.2 Å². The number of anilines is 1. The van der Waals surface area contributed by atoms with Crippen LogP contribution in [0.5, 0.6) is 0 Å². The third-order valence-corrected chi connectivity index (χ3v) is 5.24. The average Bonchev–Trinajstić information content (AvgIpc) is 2.49. The second-order valence-electron chi connectivity index (χ2n) is 6.50. The van der Waals surface area contributed by atoms with E-state index in [-0.39, 0.29) is 10.3 Å². The summed E-state index contributed by atoms with van der Waals surface area (Å²) < 4.78 is 40.7. The molecule has 0 bridgehead atoms. The first-order valence-electron chi connectivity index (χ1n) is 7.27. The first kappa shape index (κ1) is 19.2. The lowest BCUT2D eigenvalue weighted by molar-refractivity contribution is 0.0698. The van der Waals surface area contributed by atoms with Crippen LogP contribution in [0, 0.1) is 5.82 Å². The Morgan fingerprint density at radius 1 is 1.16 bits per heavy atom. The number of benzene rings is 2. The molecule has 0 spiro atoms. The minimum atomic E-state index is -4.08. The third-order valence-electron chi connectivity index (χ3n) is 3.57. The van der Waals surface area contributed by atoms with Crippen molar-refractivity contribution in [3.05, 3.63) is 58.4 Å². The highest BCUT2D eigenvalue weighted by molar-refractivity contribution is 7.92. The number of rotatable bonds is 4. The van der Waals surface area contributed by atoms with Gasteiger partial charge in [-0.25, -0.2) is 17.6 Å². The number of aromatic carboxylic acids is 1. The van der Waals surface area contributed by atoms with Crippen molar-refractivity contribution in [1.82, 2.24) is 0 Å². The molecule has 5 nitrogen and oxygen atoms in total. The quantitative estimate of drug-likeness (QED) is 0.822. The molecule has 2 N–H and O–H groups in total. The molecule has 134 valence electrons. The predicted molar refractivity (Wildman–Crippen MR) is 94.3 cm³/mol. The number of halogens is 2. The van der Waals surface area contributed by atoms with E-state index in [1.807, 2.05) is 20.8 Å². The standard InChI is InChI=1S/C17H17ClFNO4S/c1-17(2,3)10-4-6-11(7-5-10)25(23,24)20-15-9-14(19)13(18)8-12(15)16(21)22/h4-9,20H,1-3H3,(H,21,22). The summed E-state index contributed by atoms with van der Waals surface area (Å²) in [4.78, 5) is 11.2. The molecule has 0 radical (unpaired) electrons. The molecule has 2 rings (SSSR count). The van der Waals surface area contributed by atoms with E-state index in [0.29, 0.717) is 0 Å². The Balaban J connectivity index is 2.43. The van der Waals surface area contributed by atoms with Crippen molar-refractivity contribution >= 4 is 33.3 Å². The van der Waals surface area contributed by atoms with Gasteiger partial charge in [0.25, 0.3) is 10.0 Å². The number of sulfonamides is 1. The van der Waals surface area contributed by atoms with Crippen LogP contribution >= 0.6 is 11.6 Å². The van der Waals surface area contributed by atoms with E-state index in [1.54, 1.807) is 12.1 Å². The minimum absolute atomic E-state index is 0.0628. The molecule has 0 aliphatic heterocycles. The van der Waals surface area contributed by atoms with Gasteiger partial charge in [-0.1, -0.05) is 44.5 Å². The summed E-state index contributed by atoms with van der Waals surface area (Å²) >= 11 is 5.56. The highest BCUT2D eigenvalue weighted by Crippen LogP contribution is 2.28. The van der Waals surface area contributed by atoms with Gasteiger partial charge in [-0.2, -0.15) is 0 Å². The summed E-state index contributed by atoms with van der Waals surface area (Å²) in [6, 6.07) is 7.78. The molecule has 0 saturated heterocycles. The van der Waals surface area contributed by atoms with Gasteiger partial charge in [-0.05, 0) is 29.2 Å². The molecule has 0 aliphatic carbocycles. The van der Waals surface area contributed by atoms with Crippen molar-refractivity contribution in [1.29, 1.82) is 0 Å². The van der Waals surface area contributed by atoms with Crippen LogP contribution in [0.2, 0.25) is 5.02 Å². The largest absolute Gasteiger partial charge is 0.478 e. The van der Waals surface area contributed by atoms with E-state index in [1.165, 1.54) is 12.1 Å². The number of carboxylic acids is 1. The fourth-order valence-corrected chi connectivity index (χ4v) is 3.38. The molecule has 0 atom stereocenters. The fraction of sp³-hybridized carbons (Fsp3) is 0.235. The molecule has 0 heterocycles. The second-order valence-corrected chi connectivity index (χ2v) is 8.59. The topological polar surface area (TPSA) is 83.5 Å². The SMILES string of the molecule is CC(C)(C)c1ccc(S(=O)(=O)Nc2cc(F)c(Cl)cc2C(=O)O)cc1. The summed E-state index contributed by atoms with van der Waals surface area (Å²) in [6.07, 6.45) is 0. The Morgan fingerprint density at radius 3 is 2.20 bits per heavy atom. The van der Waals surface area contributed by atoms with Gasteiger partial charge in [-0.15, -0.1) is 0 Å². The lowest BCUT2D eigenvalue weighted by Crippen LogP contribution is -2.17. The molecule has 0 aromatic heterocycles. The molecule has 0 unspecified atom stereocenters. The Hall–Kier alpha value is -2.12. The van der Waals surface area contributed by atoms with Crippen molar-refractivity contribution in [3.8, 4) is 0 Å². The van der Waals surface area contributed by atoms with Crippen LogP contribution in [0.3, 0.4) is 0 Å². The first-order valence-corrected chi connectivity index (χ1v) is 9.13. The van der Waals surface area contributed by atoms with E-state index >= 15 is 0 Å². The van der Waals surface area contributed by atoms with Gasteiger partial charge >= 0.3 is 5.97 Å². The molecular weight excluding hydrogens is 369 g/mol. The van der Waals surface area contributed by atoms with E-state index < -0.39 is 38.1 Å². The molecular formula is C17H17ClFNO4S. The van der Waals surface area contributed by atoms with Gasteiger partial charge in [0.1, 0.15) is 5.82 Å². The summed E-state index contributed by atoms with van der Waals surface area (Å²) in [5.41, 5.74) is -0.0447. The van der Waals surface area contributed by atoms with E-state index in [0.717, 1.165) is 17.7 Å². The van der Waals surface area contributed by atoms with Crippen molar-refractivity contribution in [3.63, 3.8) is 0 Å². The highest BCUT2D eigenvalue weighted by Gasteiger charge is 2.21. The maximum atomic E-state index is 13.6. The summed E-state index contributed by atoms with van der Waals surface area (Å²) in [5.74, 6) is -2.35. The molecule has 2 aromatic rings. The summed E-state index contributed by atoms with van der Waals surface area (Å²) in [6.45, 7) is 5.97. The molecule has 0 amide bonds. The first-order chi connectivity index (χ1) is 11.4. The highest BCUT2D eigenvalue weighted by atomic mass is 35.5. The van der Waals surface area contributed by atoms with Gasteiger partial charge in [0.2, 0.25) is 0 Å². The molecule has 0 aliphatic rings. The Bertz CT molecular complexity index is 919. The smallest absolute Gasteiger partial charge is 0.337 e. The number of hydrogen-bond acceptors (Lipinski definition) is 3. The Labute approximate surface area is 150 Å². The van der Waals surface area contributed by atoms with Crippen LogP contribution in [0.4, 0.5) is 10.1 Å². The monoisotopic (exact) mass is 385 g/mol. The van der Waals surface area contributed by atoms with Crippen molar-refractivity contribution in [2.75, 3.05) is 4.72 Å². The number of hydrogen-bond donors (Lipinski definition) is 2. The van der Waals surface area contributed by atoms with Gasteiger partial charge < -0.3 is 5.11 Å². The normalized spacial score (nSPS) is 12.0. The third kappa shape index (κ3) is 4.29. The maximum Gasteiger partial charge on any atom is 0.337 e. The summed E-state index contributed by atoms with van der Waals surface area (Å²) in [7, 11) is -4.08. The fourth-order valence-electron chi connectivity index (χ4n) is 2.15.